The van der Waals surface area contributed by atoms with Crippen LogP contribution in [0.3, 0.4) is 0 Å². The lowest BCUT2D eigenvalue weighted by Gasteiger charge is -2.06. The van der Waals surface area contributed by atoms with Crippen LogP contribution in [0.2, 0.25) is 0 Å². The van der Waals surface area contributed by atoms with Crippen LogP contribution in [0.1, 0.15) is 0 Å². The number of nitrogens with zero attached hydrogens (tertiary/aromatic N) is 3. The van der Waals surface area contributed by atoms with Crippen LogP contribution in [-0.2, 0) is 6.54 Å². The maximum absolute atomic E-state index is 11.4. The molecule has 78 valence electrons. The highest BCUT2D eigenvalue weighted by molar-refractivity contribution is 7.80. The molecule has 0 aromatic carbocycles. The van der Waals surface area contributed by atoms with Crippen LogP contribution < -0.4 is 5.56 Å². The van der Waals surface area contributed by atoms with E-state index in [-0.39, 0.29) is 18.7 Å². The van der Waals surface area contributed by atoms with Gasteiger partial charge in [0.25, 0.3) is 5.56 Å². The number of hydrogen-bond donors (Lipinski definition) is 2. The summed E-state index contributed by atoms with van der Waals surface area (Å²) in [4.78, 5) is 20.2. The van der Waals surface area contributed by atoms with Gasteiger partial charge in [0, 0.05) is 11.1 Å². The molecular formula is C9H9N3O2S. The third-order valence-corrected chi connectivity index (χ3v) is 2.24. The van der Waals surface area contributed by atoms with E-state index in [1.54, 1.807) is 12.3 Å². The maximum Gasteiger partial charge on any atom is 0.270 e. The Morgan fingerprint density at radius 3 is 2.93 bits per heavy atom. The quantitative estimate of drug-likeness (QED) is 0.707. The van der Waals surface area contributed by atoms with Crippen molar-refractivity contribution in [3.63, 3.8) is 0 Å². The summed E-state index contributed by atoms with van der Waals surface area (Å²) in [5.74, 6) is 0. The topological polar surface area (TPSA) is 68.0 Å². The van der Waals surface area contributed by atoms with Crippen LogP contribution in [0.4, 0.5) is 0 Å². The fourth-order valence-corrected chi connectivity index (χ4v) is 1.53. The van der Waals surface area contributed by atoms with Crippen molar-refractivity contribution < 1.29 is 5.11 Å². The molecule has 0 atom stereocenters. The fourth-order valence-electron chi connectivity index (χ4n) is 1.35. The third-order valence-electron chi connectivity index (χ3n) is 1.99. The van der Waals surface area contributed by atoms with Gasteiger partial charge in [-0.1, -0.05) is 0 Å². The highest BCUT2D eigenvalue weighted by atomic mass is 32.1. The number of fused-ring (bicyclic) bond motifs is 1. The number of thiol groups is 1. The van der Waals surface area contributed by atoms with Gasteiger partial charge in [-0.25, -0.2) is 9.97 Å². The molecule has 15 heavy (non-hydrogen) atoms. The van der Waals surface area contributed by atoms with Gasteiger partial charge in [-0.15, -0.1) is 12.6 Å². The molecule has 2 aromatic heterocycles. The predicted octanol–water partition coefficient (Wildman–Crippen LogP) is 0.0725. The monoisotopic (exact) mass is 223 g/mol. The van der Waals surface area contributed by atoms with Gasteiger partial charge in [-0.05, 0) is 6.07 Å². The minimum atomic E-state index is -0.268. The summed E-state index contributed by atoms with van der Waals surface area (Å²) in [6.45, 7) is 0.111. The van der Waals surface area contributed by atoms with E-state index < -0.39 is 0 Å². The normalized spacial score (nSPS) is 10.8. The largest absolute Gasteiger partial charge is 0.395 e. The Labute approximate surface area is 90.8 Å². The zero-order valence-electron chi connectivity index (χ0n) is 7.79. The molecule has 0 aliphatic rings. The fraction of sp³-hybridized carbons (Fsp3) is 0.222. The standard InChI is InChI=1S/C9H9N3O2S/c13-2-1-12-8(14)5-10-7-3-6(15)4-11-9(7)12/h3-5,13,15H,1-2H2. The zero-order chi connectivity index (χ0) is 10.8. The Bertz CT molecular complexity index is 553. The van der Waals surface area contributed by atoms with Crippen LogP contribution in [0, 0.1) is 0 Å². The van der Waals surface area contributed by atoms with E-state index in [1.165, 1.54) is 10.8 Å². The second-order valence-electron chi connectivity index (χ2n) is 3.01. The van der Waals surface area contributed by atoms with E-state index in [1.807, 2.05) is 0 Å². The van der Waals surface area contributed by atoms with Crippen molar-refractivity contribution in [2.24, 2.45) is 0 Å². The molecule has 0 aliphatic heterocycles. The highest BCUT2D eigenvalue weighted by Crippen LogP contribution is 2.11. The number of rotatable bonds is 2. The smallest absolute Gasteiger partial charge is 0.270 e. The third kappa shape index (κ3) is 1.86. The Balaban J connectivity index is 2.76. The van der Waals surface area contributed by atoms with Gasteiger partial charge in [0.2, 0.25) is 0 Å². The van der Waals surface area contributed by atoms with Crippen LogP contribution in [-0.4, -0.2) is 26.2 Å². The van der Waals surface area contributed by atoms with E-state index in [0.29, 0.717) is 16.1 Å². The summed E-state index contributed by atoms with van der Waals surface area (Å²) in [7, 11) is 0. The predicted molar refractivity (Wildman–Crippen MR) is 58.1 cm³/mol. The first-order chi connectivity index (χ1) is 7.22. The molecule has 5 nitrogen and oxygen atoms in total. The van der Waals surface area contributed by atoms with Crippen LogP contribution in [0.5, 0.6) is 0 Å². The highest BCUT2D eigenvalue weighted by Gasteiger charge is 2.04. The molecule has 0 spiro atoms. The molecular weight excluding hydrogens is 214 g/mol. The maximum atomic E-state index is 11.4. The van der Waals surface area contributed by atoms with Crippen molar-refractivity contribution in [3.8, 4) is 0 Å². The lowest BCUT2D eigenvalue weighted by molar-refractivity contribution is 0.276. The van der Waals surface area contributed by atoms with E-state index >= 15 is 0 Å². The first-order valence-corrected chi connectivity index (χ1v) is 4.82. The molecule has 2 aromatic rings. The molecule has 0 amide bonds. The van der Waals surface area contributed by atoms with Gasteiger partial charge < -0.3 is 5.11 Å². The Morgan fingerprint density at radius 1 is 1.40 bits per heavy atom. The molecule has 0 fully saturated rings. The molecule has 2 heterocycles. The summed E-state index contributed by atoms with van der Waals surface area (Å²) in [5, 5.41) is 8.84. The van der Waals surface area contributed by atoms with Crippen molar-refractivity contribution in [2.45, 2.75) is 11.4 Å². The summed E-state index contributed by atoms with van der Waals surface area (Å²) >= 11 is 4.13. The summed E-state index contributed by atoms with van der Waals surface area (Å²) in [5.41, 5.74) is 0.792. The van der Waals surface area contributed by atoms with Gasteiger partial charge in [0.15, 0.2) is 5.65 Å². The lowest BCUT2D eigenvalue weighted by Crippen LogP contribution is -2.22. The number of pyridine rings is 1. The SMILES string of the molecule is O=c1cnc2cc(S)cnc2n1CCO. The van der Waals surface area contributed by atoms with E-state index in [0.717, 1.165) is 0 Å². The van der Waals surface area contributed by atoms with E-state index in [4.69, 9.17) is 5.11 Å². The number of aliphatic hydroxyl groups is 1. The minimum absolute atomic E-state index is 0.108. The van der Waals surface area contributed by atoms with Gasteiger partial charge >= 0.3 is 0 Å². The van der Waals surface area contributed by atoms with Crippen LogP contribution >= 0.6 is 12.6 Å². The Morgan fingerprint density at radius 2 is 2.20 bits per heavy atom. The summed E-state index contributed by atoms with van der Waals surface area (Å²) < 4.78 is 1.38. The second kappa shape index (κ2) is 4.00. The number of hydrogen-bond acceptors (Lipinski definition) is 5. The average molecular weight is 223 g/mol. The minimum Gasteiger partial charge on any atom is -0.395 e. The Kier molecular flexibility index (Phi) is 2.70. The van der Waals surface area contributed by atoms with Crippen molar-refractivity contribution in [2.75, 3.05) is 6.61 Å². The van der Waals surface area contributed by atoms with Crippen molar-refractivity contribution >= 4 is 23.8 Å². The molecule has 0 bridgehead atoms. The van der Waals surface area contributed by atoms with Gasteiger partial charge in [0.05, 0.1) is 19.3 Å². The molecule has 2 rings (SSSR count). The van der Waals surface area contributed by atoms with Gasteiger partial charge in [-0.2, -0.15) is 0 Å². The second-order valence-corrected chi connectivity index (χ2v) is 3.52. The lowest BCUT2D eigenvalue weighted by atomic mass is 10.4. The van der Waals surface area contributed by atoms with Gasteiger partial charge in [-0.3, -0.25) is 9.36 Å². The Hall–Kier alpha value is -1.40. The molecule has 1 N–H and O–H groups in total. The van der Waals surface area contributed by atoms with Crippen molar-refractivity contribution in [1.29, 1.82) is 0 Å². The number of aromatic nitrogens is 3. The first-order valence-electron chi connectivity index (χ1n) is 4.38. The summed E-state index contributed by atoms with van der Waals surface area (Å²) in [6.07, 6.45) is 2.76. The summed E-state index contributed by atoms with van der Waals surface area (Å²) in [6, 6.07) is 1.72. The molecule has 0 saturated heterocycles. The van der Waals surface area contributed by atoms with Crippen LogP contribution in [0.15, 0.2) is 28.2 Å². The first kappa shape index (κ1) is 10.1. The zero-order valence-corrected chi connectivity index (χ0v) is 8.69. The van der Waals surface area contributed by atoms with Crippen molar-refractivity contribution in [1.82, 2.24) is 14.5 Å². The average Bonchev–Trinajstić information content (AvgIpc) is 2.22. The molecule has 0 saturated carbocycles. The molecule has 0 radical (unpaired) electrons. The molecule has 6 heteroatoms. The van der Waals surface area contributed by atoms with Gasteiger partial charge in [0.1, 0.15) is 5.52 Å². The van der Waals surface area contributed by atoms with E-state index in [2.05, 4.69) is 22.6 Å². The molecule has 0 unspecified atom stereocenters. The van der Waals surface area contributed by atoms with Crippen LogP contribution in [0.25, 0.3) is 11.2 Å². The number of aliphatic hydroxyl groups excluding tert-OH is 1. The molecule has 0 aliphatic carbocycles. The van der Waals surface area contributed by atoms with E-state index in [9.17, 15) is 4.79 Å². The van der Waals surface area contributed by atoms with Crippen molar-refractivity contribution in [3.05, 3.63) is 28.8 Å².